The molecule has 0 amide bonds. The molecule has 0 aromatic heterocycles. The molecule has 0 radical (unpaired) electrons. The molecule has 1 N–H and O–H groups in total. The summed E-state index contributed by atoms with van der Waals surface area (Å²) in [5.41, 5.74) is 0. The number of hydrogen-bond donors (Lipinski definition) is 1. The van der Waals surface area contributed by atoms with E-state index in [2.05, 4.69) is 12.2 Å². The molecule has 0 aliphatic heterocycles. The molecule has 102 valence electrons. The summed E-state index contributed by atoms with van der Waals surface area (Å²) in [5, 5.41) is 3.27. The number of methoxy groups -OCH3 is 2. The van der Waals surface area contributed by atoms with Gasteiger partial charge in [-0.05, 0) is 32.2 Å². The van der Waals surface area contributed by atoms with Crippen LogP contribution in [0.1, 0.15) is 45.4 Å². The van der Waals surface area contributed by atoms with Crippen LogP contribution in [0.4, 0.5) is 0 Å². The predicted octanol–water partition coefficient (Wildman–Crippen LogP) is 2.12. The summed E-state index contributed by atoms with van der Waals surface area (Å²) in [6.07, 6.45) is 6.29. The fourth-order valence-corrected chi connectivity index (χ4v) is 1.68. The summed E-state index contributed by atoms with van der Waals surface area (Å²) >= 11 is 0. The minimum absolute atomic E-state index is 0.137. The lowest BCUT2D eigenvalue weighted by atomic mass is 10.1. The number of carbonyl (C=O) groups excluding carboxylic acids is 1. The molecule has 0 fully saturated rings. The molecule has 0 rings (SSSR count). The quantitative estimate of drug-likeness (QED) is 0.447. The summed E-state index contributed by atoms with van der Waals surface area (Å²) < 4.78 is 9.77. The summed E-state index contributed by atoms with van der Waals surface area (Å²) in [7, 11) is 3.16. The Hall–Kier alpha value is -0.610. The highest BCUT2D eigenvalue weighted by Gasteiger charge is 2.16. The Morgan fingerprint density at radius 2 is 1.94 bits per heavy atom. The van der Waals surface area contributed by atoms with E-state index in [4.69, 9.17) is 9.47 Å². The van der Waals surface area contributed by atoms with Gasteiger partial charge in [-0.25, -0.2) is 0 Å². The van der Waals surface area contributed by atoms with Crippen molar-refractivity contribution in [3.05, 3.63) is 0 Å². The van der Waals surface area contributed by atoms with Crippen molar-refractivity contribution in [1.82, 2.24) is 5.32 Å². The van der Waals surface area contributed by atoms with Gasteiger partial charge in [0, 0.05) is 13.7 Å². The van der Waals surface area contributed by atoms with Crippen molar-refractivity contribution in [2.75, 3.05) is 27.4 Å². The molecular weight excluding hydrogens is 218 g/mol. The Kier molecular flexibility index (Phi) is 11.4. The Labute approximate surface area is 105 Å². The van der Waals surface area contributed by atoms with Gasteiger partial charge in [-0.2, -0.15) is 0 Å². The van der Waals surface area contributed by atoms with Crippen LogP contribution in [0.15, 0.2) is 0 Å². The Morgan fingerprint density at radius 3 is 2.53 bits per heavy atom. The maximum Gasteiger partial charge on any atom is 0.322 e. The van der Waals surface area contributed by atoms with Gasteiger partial charge in [0.25, 0.3) is 0 Å². The molecular formula is C13H27NO3. The molecule has 17 heavy (non-hydrogen) atoms. The fourth-order valence-electron chi connectivity index (χ4n) is 1.68. The second-order valence-electron chi connectivity index (χ2n) is 4.23. The molecule has 0 spiro atoms. The lowest BCUT2D eigenvalue weighted by Gasteiger charge is -2.15. The van der Waals surface area contributed by atoms with Crippen LogP contribution < -0.4 is 5.32 Å². The minimum atomic E-state index is -0.143. The van der Waals surface area contributed by atoms with Crippen LogP contribution in [0.3, 0.4) is 0 Å². The van der Waals surface area contributed by atoms with Crippen molar-refractivity contribution < 1.29 is 14.3 Å². The average Bonchev–Trinajstić information content (AvgIpc) is 2.36. The highest BCUT2D eigenvalue weighted by atomic mass is 16.5. The van der Waals surface area contributed by atoms with E-state index < -0.39 is 0 Å². The number of carbonyl (C=O) groups is 1. The summed E-state index contributed by atoms with van der Waals surface area (Å²) in [6.45, 7) is 3.81. The molecule has 4 heteroatoms. The lowest BCUT2D eigenvalue weighted by Crippen LogP contribution is -2.38. The van der Waals surface area contributed by atoms with Crippen molar-refractivity contribution >= 4 is 5.97 Å². The molecule has 0 aliphatic rings. The molecule has 0 saturated carbocycles. The normalized spacial score (nSPS) is 12.4. The summed E-state index contributed by atoms with van der Waals surface area (Å²) in [5.74, 6) is -0.143. The van der Waals surface area contributed by atoms with Gasteiger partial charge < -0.3 is 14.8 Å². The zero-order chi connectivity index (χ0) is 12.9. The fraction of sp³-hybridized carbons (Fsp3) is 0.923. The molecule has 0 aromatic carbocycles. The van der Waals surface area contributed by atoms with Crippen molar-refractivity contribution in [2.24, 2.45) is 0 Å². The number of rotatable bonds is 11. The molecule has 4 nitrogen and oxygen atoms in total. The molecule has 1 unspecified atom stereocenters. The van der Waals surface area contributed by atoms with Crippen LogP contribution in [0.25, 0.3) is 0 Å². The van der Waals surface area contributed by atoms with E-state index in [1.807, 2.05) is 0 Å². The molecule has 0 saturated heterocycles. The molecule has 0 bridgehead atoms. The number of hydrogen-bond acceptors (Lipinski definition) is 4. The van der Waals surface area contributed by atoms with Crippen molar-refractivity contribution in [1.29, 1.82) is 0 Å². The first-order chi connectivity index (χ1) is 8.26. The van der Waals surface area contributed by atoms with Gasteiger partial charge >= 0.3 is 5.97 Å². The number of nitrogens with one attached hydrogen (secondary N) is 1. The minimum Gasteiger partial charge on any atom is -0.468 e. The largest absolute Gasteiger partial charge is 0.468 e. The highest BCUT2D eigenvalue weighted by molar-refractivity contribution is 5.75. The van der Waals surface area contributed by atoms with E-state index >= 15 is 0 Å². The van der Waals surface area contributed by atoms with Crippen molar-refractivity contribution in [3.8, 4) is 0 Å². The van der Waals surface area contributed by atoms with E-state index in [1.165, 1.54) is 7.11 Å². The van der Waals surface area contributed by atoms with E-state index in [0.717, 1.165) is 51.7 Å². The molecule has 0 aromatic rings. The monoisotopic (exact) mass is 245 g/mol. The second-order valence-corrected chi connectivity index (χ2v) is 4.23. The van der Waals surface area contributed by atoms with Crippen LogP contribution in [-0.4, -0.2) is 39.4 Å². The van der Waals surface area contributed by atoms with Gasteiger partial charge in [-0.1, -0.05) is 19.8 Å². The predicted molar refractivity (Wildman–Crippen MR) is 69.1 cm³/mol. The van der Waals surface area contributed by atoms with E-state index in [-0.39, 0.29) is 12.0 Å². The van der Waals surface area contributed by atoms with Gasteiger partial charge in [-0.3, -0.25) is 4.79 Å². The van der Waals surface area contributed by atoms with Crippen molar-refractivity contribution in [3.63, 3.8) is 0 Å². The maximum atomic E-state index is 11.5. The van der Waals surface area contributed by atoms with E-state index in [1.54, 1.807) is 7.11 Å². The number of unbranched alkanes of at least 4 members (excludes halogenated alkanes) is 3. The molecule has 0 heterocycles. The van der Waals surface area contributed by atoms with E-state index in [9.17, 15) is 4.79 Å². The Balaban J connectivity index is 3.64. The zero-order valence-corrected chi connectivity index (χ0v) is 11.5. The second kappa shape index (κ2) is 11.9. The maximum absolute atomic E-state index is 11.5. The van der Waals surface area contributed by atoms with Crippen LogP contribution in [0, 0.1) is 0 Å². The number of ether oxygens (including phenoxy) is 2. The third-order valence-electron chi connectivity index (χ3n) is 2.75. The lowest BCUT2D eigenvalue weighted by molar-refractivity contribution is -0.143. The zero-order valence-electron chi connectivity index (χ0n) is 11.5. The third kappa shape index (κ3) is 9.12. The van der Waals surface area contributed by atoms with E-state index in [0.29, 0.717) is 0 Å². The van der Waals surface area contributed by atoms with Gasteiger partial charge in [0.1, 0.15) is 6.04 Å². The van der Waals surface area contributed by atoms with Gasteiger partial charge in [0.05, 0.1) is 7.11 Å². The first-order valence-electron chi connectivity index (χ1n) is 6.56. The standard InChI is InChI=1S/C13H27NO3/c1-4-5-9-12(13(15)17-3)14-10-7-6-8-11-16-2/h12,14H,4-11H2,1-3H3. The SMILES string of the molecule is CCCCC(NCCCCCOC)C(=O)OC. The van der Waals surface area contributed by atoms with Gasteiger partial charge in [0.15, 0.2) is 0 Å². The highest BCUT2D eigenvalue weighted by Crippen LogP contribution is 2.03. The summed E-state index contributed by atoms with van der Waals surface area (Å²) in [4.78, 5) is 11.5. The van der Waals surface area contributed by atoms with Crippen molar-refractivity contribution in [2.45, 2.75) is 51.5 Å². The third-order valence-corrected chi connectivity index (χ3v) is 2.75. The number of esters is 1. The smallest absolute Gasteiger partial charge is 0.322 e. The van der Waals surface area contributed by atoms with Crippen LogP contribution in [0.5, 0.6) is 0 Å². The molecule has 0 aliphatic carbocycles. The van der Waals surface area contributed by atoms with Crippen LogP contribution in [0.2, 0.25) is 0 Å². The first kappa shape index (κ1) is 16.4. The van der Waals surface area contributed by atoms with Gasteiger partial charge in [0.2, 0.25) is 0 Å². The molecule has 1 atom stereocenters. The Morgan fingerprint density at radius 1 is 1.18 bits per heavy atom. The van der Waals surface area contributed by atoms with Crippen LogP contribution in [-0.2, 0) is 14.3 Å². The summed E-state index contributed by atoms with van der Waals surface area (Å²) in [6, 6.07) is -0.137. The average molecular weight is 245 g/mol. The van der Waals surface area contributed by atoms with Crippen LogP contribution >= 0.6 is 0 Å². The van der Waals surface area contributed by atoms with Gasteiger partial charge in [-0.15, -0.1) is 0 Å². The first-order valence-corrected chi connectivity index (χ1v) is 6.56. The Bertz CT molecular complexity index is 186. The topological polar surface area (TPSA) is 47.6 Å².